The molecule has 0 radical (unpaired) electrons. The Bertz CT molecular complexity index is 649. The van der Waals surface area contributed by atoms with Crippen molar-refractivity contribution in [2.75, 3.05) is 26.5 Å². The largest absolute Gasteiger partial charge is 0.495 e. The third-order valence-electron chi connectivity index (χ3n) is 2.96. The zero-order chi connectivity index (χ0) is 15.6. The minimum Gasteiger partial charge on any atom is -0.495 e. The number of methoxy groups -OCH3 is 2. The summed E-state index contributed by atoms with van der Waals surface area (Å²) in [5.74, 6) is 0.198. The Kier molecular flexibility index (Phi) is 5.18. The predicted octanol–water partition coefficient (Wildman–Crippen LogP) is 1.69. The molecule has 0 bridgehead atoms. The van der Waals surface area contributed by atoms with Gasteiger partial charge in [0.2, 0.25) is 10.0 Å². The fourth-order valence-electron chi connectivity index (χ4n) is 1.97. The van der Waals surface area contributed by atoms with Gasteiger partial charge in [-0.2, -0.15) is 4.31 Å². The van der Waals surface area contributed by atoms with Gasteiger partial charge in [0.05, 0.1) is 14.2 Å². The predicted molar refractivity (Wildman–Crippen MR) is 82.8 cm³/mol. The van der Waals surface area contributed by atoms with Gasteiger partial charge in [-0.3, -0.25) is 0 Å². The van der Waals surface area contributed by atoms with Crippen LogP contribution in [0.25, 0.3) is 0 Å². The molecule has 0 aromatic heterocycles. The average Bonchev–Trinajstić information content (AvgIpc) is 2.96. The number of carbonyl (C=O) groups excluding carboxylic acids is 1. The number of rotatable bonds is 4. The molecule has 1 aliphatic rings. The zero-order valence-corrected chi connectivity index (χ0v) is 14.6. The summed E-state index contributed by atoms with van der Waals surface area (Å²) in [4.78, 5) is 11.8. The van der Waals surface area contributed by atoms with Crippen LogP contribution < -0.4 is 4.74 Å². The van der Waals surface area contributed by atoms with Crippen molar-refractivity contribution in [1.29, 1.82) is 0 Å². The molecule has 0 amide bonds. The van der Waals surface area contributed by atoms with Crippen LogP contribution in [0.4, 0.5) is 0 Å². The fraction of sp³-hybridized carbons (Fsp3) is 0.417. The van der Waals surface area contributed by atoms with E-state index in [1.54, 1.807) is 12.1 Å². The Morgan fingerprint density at radius 1 is 1.43 bits per heavy atom. The lowest BCUT2D eigenvalue weighted by Crippen LogP contribution is -2.40. The van der Waals surface area contributed by atoms with Gasteiger partial charge in [0.25, 0.3) is 0 Å². The number of carbonyl (C=O) groups is 1. The first-order valence-corrected chi connectivity index (χ1v) is 9.25. The molecule has 1 heterocycles. The van der Waals surface area contributed by atoms with Crippen molar-refractivity contribution in [2.24, 2.45) is 0 Å². The van der Waals surface area contributed by atoms with Gasteiger partial charge in [0.1, 0.15) is 10.6 Å². The van der Waals surface area contributed by atoms with Crippen LogP contribution in [-0.2, 0) is 19.6 Å². The molecule has 1 aliphatic heterocycles. The number of thioether (sulfide) groups is 1. The second-order valence-corrected chi connectivity index (χ2v) is 8.12. The molecule has 2 rings (SSSR count). The summed E-state index contributed by atoms with van der Waals surface area (Å²) < 4.78 is 37.2. The lowest BCUT2D eigenvalue weighted by Gasteiger charge is -2.22. The maximum atomic E-state index is 12.8. The molecule has 0 N–H and O–H groups in total. The van der Waals surface area contributed by atoms with Crippen LogP contribution in [0.5, 0.6) is 5.75 Å². The van der Waals surface area contributed by atoms with Gasteiger partial charge < -0.3 is 9.47 Å². The Labute approximate surface area is 136 Å². The van der Waals surface area contributed by atoms with Crippen LogP contribution in [0, 0.1) is 0 Å². The van der Waals surface area contributed by atoms with E-state index in [1.165, 1.54) is 32.0 Å². The number of ether oxygens (including phenoxy) is 2. The summed E-state index contributed by atoms with van der Waals surface area (Å²) in [7, 11) is -1.21. The van der Waals surface area contributed by atoms with Crippen LogP contribution in [0.15, 0.2) is 27.6 Å². The minimum atomic E-state index is -3.85. The average molecular weight is 396 g/mol. The van der Waals surface area contributed by atoms with Crippen molar-refractivity contribution < 1.29 is 22.7 Å². The monoisotopic (exact) mass is 395 g/mol. The normalized spacial score (nSPS) is 19.5. The topological polar surface area (TPSA) is 72.9 Å². The van der Waals surface area contributed by atoms with E-state index in [1.807, 2.05) is 0 Å². The van der Waals surface area contributed by atoms with Gasteiger partial charge in [0.15, 0.2) is 5.37 Å². The summed E-state index contributed by atoms with van der Waals surface area (Å²) in [6.45, 7) is 0.252. The van der Waals surface area contributed by atoms with E-state index >= 15 is 0 Å². The lowest BCUT2D eigenvalue weighted by molar-refractivity contribution is -0.141. The molecule has 116 valence electrons. The molecule has 1 unspecified atom stereocenters. The van der Waals surface area contributed by atoms with Crippen LogP contribution in [0.2, 0.25) is 0 Å². The van der Waals surface area contributed by atoms with E-state index in [9.17, 15) is 13.2 Å². The first-order chi connectivity index (χ1) is 9.91. The molecular weight excluding hydrogens is 382 g/mol. The molecule has 6 nitrogen and oxygen atoms in total. The van der Waals surface area contributed by atoms with Gasteiger partial charge in [-0.15, -0.1) is 11.8 Å². The number of nitrogens with zero attached hydrogens (tertiary/aromatic N) is 1. The number of esters is 1. The van der Waals surface area contributed by atoms with E-state index < -0.39 is 21.4 Å². The van der Waals surface area contributed by atoms with Crippen LogP contribution in [-0.4, -0.2) is 50.6 Å². The van der Waals surface area contributed by atoms with E-state index in [0.717, 1.165) is 4.31 Å². The van der Waals surface area contributed by atoms with Gasteiger partial charge in [-0.25, -0.2) is 13.2 Å². The quantitative estimate of drug-likeness (QED) is 0.722. The highest BCUT2D eigenvalue weighted by molar-refractivity contribution is 9.10. The molecular formula is C12H14BrNO5S2. The molecule has 1 aromatic carbocycles. The lowest BCUT2D eigenvalue weighted by atomic mass is 10.3. The fourth-order valence-corrected chi connectivity index (χ4v) is 5.75. The van der Waals surface area contributed by atoms with Crippen LogP contribution in [0.3, 0.4) is 0 Å². The maximum absolute atomic E-state index is 12.8. The minimum absolute atomic E-state index is 0.0239. The Morgan fingerprint density at radius 2 is 2.14 bits per heavy atom. The summed E-state index contributed by atoms with van der Waals surface area (Å²) in [5, 5.41) is -0.858. The van der Waals surface area contributed by atoms with E-state index in [4.69, 9.17) is 4.74 Å². The van der Waals surface area contributed by atoms with Crippen LogP contribution >= 0.6 is 27.7 Å². The Hall–Kier alpha value is -0.770. The van der Waals surface area contributed by atoms with Gasteiger partial charge in [-0.1, -0.05) is 15.9 Å². The van der Waals surface area contributed by atoms with Crippen molar-refractivity contribution >= 4 is 43.7 Å². The van der Waals surface area contributed by atoms with Crippen molar-refractivity contribution in [2.45, 2.75) is 10.3 Å². The van der Waals surface area contributed by atoms with Gasteiger partial charge in [0, 0.05) is 16.8 Å². The maximum Gasteiger partial charge on any atom is 0.334 e. The number of halogens is 1. The molecule has 0 saturated carbocycles. The summed E-state index contributed by atoms with van der Waals surface area (Å²) >= 11 is 4.49. The second-order valence-electron chi connectivity index (χ2n) is 4.16. The third kappa shape index (κ3) is 3.20. The molecule has 21 heavy (non-hydrogen) atoms. The molecule has 0 spiro atoms. The Morgan fingerprint density at radius 3 is 2.76 bits per heavy atom. The molecule has 0 aliphatic carbocycles. The molecule has 9 heteroatoms. The van der Waals surface area contributed by atoms with Crippen LogP contribution in [0.1, 0.15) is 0 Å². The Balaban J connectivity index is 2.47. The highest BCUT2D eigenvalue weighted by Crippen LogP contribution is 2.35. The standard InChI is InChI=1S/C12H14BrNO5S2/c1-18-9-4-3-8(13)7-10(9)21(16,17)14-5-6-20-11(14)12(15)19-2/h3-4,7,11H,5-6H2,1-2H3. The molecule has 1 saturated heterocycles. The highest BCUT2D eigenvalue weighted by atomic mass is 79.9. The smallest absolute Gasteiger partial charge is 0.334 e. The zero-order valence-electron chi connectivity index (χ0n) is 11.4. The first kappa shape index (κ1) is 16.6. The van der Waals surface area contributed by atoms with E-state index in [-0.39, 0.29) is 17.2 Å². The van der Waals surface area contributed by atoms with Crippen molar-refractivity contribution in [3.8, 4) is 5.75 Å². The number of hydrogen-bond donors (Lipinski definition) is 0. The van der Waals surface area contributed by atoms with E-state index in [0.29, 0.717) is 10.2 Å². The molecule has 1 aromatic rings. The van der Waals surface area contributed by atoms with E-state index in [2.05, 4.69) is 20.7 Å². The SMILES string of the molecule is COC(=O)C1SCCN1S(=O)(=O)c1cc(Br)ccc1OC. The number of benzene rings is 1. The third-order valence-corrected chi connectivity index (χ3v) is 6.66. The highest BCUT2D eigenvalue weighted by Gasteiger charge is 2.42. The molecule has 1 fully saturated rings. The summed E-state index contributed by atoms with van der Waals surface area (Å²) in [6.07, 6.45) is 0. The number of hydrogen-bond acceptors (Lipinski definition) is 6. The number of sulfonamides is 1. The second kappa shape index (κ2) is 6.55. The van der Waals surface area contributed by atoms with Gasteiger partial charge in [-0.05, 0) is 18.2 Å². The first-order valence-electron chi connectivity index (χ1n) is 5.96. The summed E-state index contributed by atoms with van der Waals surface area (Å²) in [5.41, 5.74) is 0. The van der Waals surface area contributed by atoms with Gasteiger partial charge >= 0.3 is 5.97 Å². The summed E-state index contributed by atoms with van der Waals surface area (Å²) in [6, 6.07) is 4.72. The molecule has 1 atom stereocenters. The van der Waals surface area contributed by atoms with Crippen molar-refractivity contribution in [3.63, 3.8) is 0 Å². The van der Waals surface area contributed by atoms with Crippen molar-refractivity contribution in [3.05, 3.63) is 22.7 Å². The van der Waals surface area contributed by atoms with Crippen molar-refractivity contribution in [1.82, 2.24) is 4.31 Å².